The summed E-state index contributed by atoms with van der Waals surface area (Å²) in [7, 11) is 0. The van der Waals surface area contributed by atoms with Crippen LogP contribution in [0.1, 0.15) is 43.2 Å². The van der Waals surface area contributed by atoms with Crippen LogP contribution in [0.15, 0.2) is 60.7 Å². The van der Waals surface area contributed by atoms with Gasteiger partial charge in [0.25, 0.3) is 0 Å². The molecule has 1 aliphatic carbocycles. The van der Waals surface area contributed by atoms with Crippen molar-refractivity contribution in [1.29, 1.82) is 0 Å². The van der Waals surface area contributed by atoms with Crippen LogP contribution in [0.4, 0.5) is 0 Å². The van der Waals surface area contributed by atoms with Crippen molar-refractivity contribution < 1.29 is 19.4 Å². The number of benzene rings is 2. The van der Waals surface area contributed by atoms with Crippen molar-refractivity contribution in [3.05, 3.63) is 71.8 Å². The molecule has 0 spiro atoms. The molecule has 27 heavy (non-hydrogen) atoms. The van der Waals surface area contributed by atoms with Crippen molar-refractivity contribution in [2.24, 2.45) is 17.8 Å². The molecule has 0 saturated heterocycles. The molecule has 0 N–H and O–H groups in total. The molecule has 0 heterocycles. The Labute approximate surface area is 160 Å². The monoisotopic (exact) mass is 365 g/mol. The fourth-order valence-electron chi connectivity index (χ4n) is 4.01. The third-order valence-corrected chi connectivity index (χ3v) is 5.40. The first-order valence-electron chi connectivity index (χ1n) is 9.48. The number of ether oxygens (including phenoxy) is 1. The molecule has 0 radical (unpaired) electrons. The Kier molecular flexibility index (Phi) is 5.94. The van der Waals surface area contributed by atoms with E-state index in [-0.39, 0.29) is 5.97 Å². The largest absolute Gasteiger partial charge is 0.550 e. The first-order chi connectivity index (χ1) is 13.0. The van der Waals surface area contributed by atoms with Gasteiger partial charge in [0, 0.05) is 23.7 Å². The number of esters is 1. The lowest BCUT2D eigenvalue weighted by molar-refractivity contribution is -0.317. The Morgan fingerprint density at radius 3 is 1.78 bits per heavy atom. The van der Waals surface area contributed by atoms with Crippen LogP contribution in [0.25, 0.3) is 0 Å². The maximum absolute atomic E-state index is 12.9. The van der Waals surface area contributed by atoms with Gasteiger partial charge in [-0.1, -0.05) is 74.5 Å². The summed E-state index contributed by atoms with van der Waals surface area (Å²) in [6.07, 6.45) is 0.786. The minimum absolute atomic E-state index is 0.323. The summed E-state index contributed by atoms with van der Waals surface area (Å²) < 4.78 is 5.54. The number of carbonyl (C=O) groups excluding carboxylic acids is 2. The predicted octanol–water partition coefficient (Wildman–Crippen LogP) is 3.14. The van der Waals surface area contributed by atoms with Gasteiger partial charge >= 0.3 is 5.97 Å². The molecule has 1 aliphatic rings. The maximum atomic E-state index is 12.9. The van der Waals surface area contributed by atoms with Crippen LogP contribution in [0.2, 0.25) is 0 Å². The van der Waals surface area contributed by atoms with Crippen LogP contribution >= 0.6 is 0 Å². The van der Waals surface area contributed by atoms with Gasteiger partial charge in [-0.05, 0) is 23.5 Å². The van der Waals surface area contributed by atoms with Gasteiger partial charge in [0.15, 0.2) is 0 Å². The smallest absolute Gasteiger partial charge is 0.310 e. The molecule has 1 fully saturated rings. The highest BCUT2D eigenvalue weighted by Gasteiger charge is 2.56. The highest BCUT2D eigenvalue weighted by molar-refractivity contribution is 5.83. The number of carbonyl (C=O) groups is 2. The molecule has 4 heteroatoms. The summed E-state index contributed by atoms with van der Waals surface area (Å²) in [4.78, 5) is 24.9. The zero-order valence-corrected chi connectivity index (χ0v) is 15.7. The fourth-order valence-corrected chi connectivity index (χ4v) is 4.01. The summed E-state index contributed by atoms with van der Waals surface area (Å²) in [6.45, 7) is 4.50. The Hall–Kier alpha value is -2.62. The van der Waals surface area contributed by atoms with Crippen LogP contribution in [-0.2, 0) is 14.3 Å². The van der Waals surface area contributed by atoms with E-state index in [1.165, 1.54) is 0 Å². The van der Waals surface area contributed by atoms with Gasteiger partial charge in [0.1, 0.15) is 0 Å². The van der Waals surface area contributed by atoms with Crippen LogP contribution in [-0.4, -0.2) is 18.5 Å². The van der Waals surface area contributed by atoms with E-state index < -0.39 is 29.6 Å². The Morgan fingerprint density at radius 1 is 0.889 bits per heavy atom. The van der Waals surface area contributed by atoms with Crippen LogP contribution in [0, 0.1) is 17.8 Å². The lowest BCUT2D eigenvalue weighted by Crippen LogP contribution is -2.55. The molecule has 4 atom stereocenters. The molecule has 0 amide bonds. The molecule has 0 aliphatic heterocycles. The van der Waals surface area contributed by atoms with E-state index in [2.05, 4.69) is 13.8 Å². The molecule has 3 rings (SSSR count). The highest BCUT2D eigenvalue weighted by atomic mass is 16.5. The van der Waals surface area contributed by atoms with Gasteiger partial charge in [0.2, 0.25) is 0 Å². The molecule has 2 aromatic carbocycles. The van der Waals surface area contributed by atoms with E-state index >= 15 is 0 Å². The number of rotatable bonds is 7. The number of aliphatic carboxylic acids is 1. The van der Waals surface area contributed by atoms with E-state index in [0.717, 1.165) is 17.5 Å². The quantitative estimate of drug-likeness (QED) is 0.707. The van der Waals surface area contributed by atoms with Crippen molar-refractivity contribution in [2.45, 2.75) is 32.1 Å². The Morgan fingerprint density at radius 2 is 1.37 bits per heavy atom. The minimum Gasteiger partial charge on any atom is -0.550 e. The van der Waals surface area contributed by atoms with Crippen molar-refractivity contribution in [1.82, 2.24) is 0 Å². The maximum Gasteiger partial charge on any atom is 0.310 e. The first kappa shape index (κ1) is 19.2. The van der Waals surface area contributed by atoms with E-state index in [1.807, 2.05) is 60.7 Å². The second-order valence-corrected chi connectivity index (χ2v) is 7.59. The second kappa shape index (κ2) is 8.38. The number of carboxylic acids is 1. The van der Waals surface area contributed by atoms with Crippen LogP contribution in [0.3, 0.4) is 0 Å². The lowest BCUT2D eigenvalue weighted by atomic mass is 9.52. The van der Waals surface area contributed by atoms with Crippen molar-refractivity contribution in [2.75, 3.05) is 6.61 Å². The summed E-state index contributed by atoms with van der Waals surface area (Å²) in [5.74, 6) is -3.16. The molecular weight excluding hydrogens is 340 g/mol. The van der Waals surface area contributed by atoms with E-state index in [0.29, 0.717) is 12.5 Å². The average Bonchev–Trinajstić information content (AvgIpc) is 2.62. The third-order valence-electron chi connectivity index (χ3n) is 5.40. The number of carboxylic acid groups (broad SMARTS) is 1. The molecule has 2 unspecified atom stereocenters. The van der Waals surface area contributed by atoms with E-state index in [4.69, 9.17) is 4.74 Å². The summed E-state index contributed by atoms with van der Waals surface area (Å²) >= 11 is 0. The summed E-state index contributed by atoms with van der Waals surface area (Å²) in [6, 6.07) is 18.7. The zero-order chi connectivity index (χ0) is 19.4. The topological polar surface area (TPSA) is 66.4 Å². The SMILES string of the molecule is CC(C)CCOC(=O)C1[C@H](c2ccccc2)C(C(=O)[O-])[C@@H]1c1ccccc1. The zero-order valence-electron chi connectivity index (χ0n) is 15.7. The average molecular weight is 365 g/mol. The molecule has 2 aromatic rings. The predicted molar refractivity (Wildman–Crippen MR) is 101 cm³/mol. The Bertz CT molecular complexity index is 722. The van der Waals surface area contributed by atoms with Gasteiger partial charge in [-0.2, -0.15) is 0 Å². The van der Waals surface area contributed by atoms with E-state index in [9.17, 15) is 14.7 Å². The Balaban J connectivity index is 1.92. The van der Waals surface area contributed by atoms with E-state index in [1.54, 1.807) is 0 Å². The van der Waals surface area contributed by atoms with Crippen molar-refractivity contribution >= 4 is 11.9 Å². The molecule has 1 saturated carbocycles. The normalized spacial score (nSPS) is 24.3. The highest BCUT2D eigenvalue weighted by Crippen LogP contribution is 2.57. The minimum atomic E-state index is -1.12. The summed E-state index contributed by atoms with van der Waals surface area (Å²) in [5.41, 5.74) is 1.68. The fraction of sp³-hybridized carbons (Fsp3) is 0.391. The van der Waals surface area contributed by atoms with Crippen molar-refractivity contribution in [3.8, 4) is 0 Å². The molecule has 4 nitrogen and oxygen atoms in total. The molecule has 0 aromatic heterocycles. The molecular formula is C23H25O4-. The molecule has 142 valence electrons. The molecule has 0 bridgehead atoms. The number of hydrogen-bond donors (Lipinski definition) is 0. The van der Waals surface area contributed by atoms with Gasteiger partial charge in [-0.15, -0.1) is 0 Å². The lowest BCUT2D eigenvalue weighted by Gasteiger charge is -2.51. The third kappa shape index (κ3) is 4.05. The van der Waals surface area contributed by atoms with Crippen LogP contribution in [0.5, 0.6) is 0 Å². The van der Waals surface area contributed by atoms with Gasteiger partial charge in [0.05, 0.1) is 12.5 Å². The van der Waals surface area contributed by atoms with Gasteiger partial charge < -0.3 is 14.6 Å². The van der Waals surface area contributed by atoms with Gasteiger partial charge in [-0.3, -0.25) is 4.79 Å². The number of hydrogen-bond acceptors (Lipinski definition) is 4. The van der Waals surface area contributed by atoms with Crippen molar-refractivity contribution in [3.63, 3.8) is 0 Å². The standard InChI is InChI=1S/C23H26O4/c1-15(2)13-14-27-23(26)21-18(16-9-5-3-6-10-16)20(22(24)25)19(21)17-11-7-4-8-12-17/h3-12,15,18-21H,13-14H2,1-2H3,(H,24,25)/p-1/t18-,19+,20?,21?. The first-order valence-corrected chi connectivity index (χ1v) is 9.48. The summed E-state index contributed by atoms with van der Waals surface area (Å²) in [5, 5.41) is 12.0. The van der Waals surface area contributed by atoms with Gasteiger partial charge in [-0.25, -0.2) is 0 Å². The van der Waals surface area contributed by atoms with Crippen LogP contribution < -0.4 is 5.11 Å². The second-order valence-electron chi connectivity index (χ2n) is 7.59.